The van der Waals surface area contributed by atoms with Crippen molar-refractivity contribution in [3.05, 3.63) is 29.8 Å². The lowest BCUT2D eigenvalue weighted by Gasteiger charge is -2.13. The third-order valence-corrected chi connectivity index (χ3v) is 5.18. The number of ether oxygens (including phenoxy) is 1. The molecule has 0 radical (unpaired) electrons. The fraction of sp³-hybridized carbons (Fsp3) is 0.471. The first kappa shape index (κ1) is 18.5. The molecule has 2 aromatic rings. The van der Waals surface area contributed by atoms with E-state index in [0.29, 0.717) is 23.0 Å². The number of nitrogens with zero attached hydrogens (tertiary/aromatic N) is 4. The van der Waals surface area contributed by atoms with Crippen molar-refractivity contribution < 1.29 is 14.3 Å². The summed E-state index contributed by atoms with van der Waals surface area (Å²) in [5.74, 6) is -0.165. The van der Waals surface area contributed by atoms with Crippen molar-refractivity contribution in [2.24, 2.45) is 0 Å². The number of aromatic nitrogens is 4. The molecule has 1 aliphatic rings. The predicted molar refractivity (Wildman–Crippen MR) is 97.2 cm³/mol. The van der Waals surface area contributed by atoms with Gasteiger partial charge in [0, 0.05) is 17.9 Å². The highest BCUT2D eigenvalue weighted by atomic mass is 32.2. The van der Waals surface area contributed by atoms with Crippen molar-refractivity contribution in [1.29, 1.82) is 0 Å². The van der Waals surface area contributed by atoms with Crippen LogP contribution in [0, 0.1) is 0 Å². The van der Waals surface area contributed by atoms with E-state index < -0.39 is 0 Å². The van der Waals surface area contributed by atoms with Gasteiger partial charge >= 0.3 is 0 Å². The molecule has 0 aliphatic carbocycles. The van der Waals surface area contributed by atoms with Gasteiger partial charge in [0.2, 0.25) is 11.1 Å². The van der Waals surface area contributed by atoms with Crippen LogP contribution in [-0.2, 0) is 16.1 Å². The molecule has 1 fully saturated rings. The molecule has 9 heteroatoms. The van der Waals surface area contributed by atoms with Crippen LogP contribution in [0.25, 0.3) is 0 Å². The number of hydrogen-bond acceptors (Lipinski definition) is 7. The molecule has 138 valence electrons. The maximum Gasteiger partial charge on any atom is 0.237 e. The van der Waals surface area contributed by atoms with Crippen molar-refractivity contribution in [3.8, 4) is 0 Å². The summed E-state index contributed by atoms with van der Waals surface area (Å²) in [6.45, 7) is 4.68. The Morgan fingerprint density at radius 2 is 2.15 bits per heavy atom. The van der Waals surface area contributed by atoms with E-state index in [9.17, 15) is 9.59 Å². The topological polar surface area (TPSA) is 99.0 Å². The number of carbonyl (C=O) groups is 2. The van der Waals surface area contributed by atoms with Crippen molar-refractivity contribution in [2.45, 2.75) is 49.7 Å². The fourth-order valence-corrected chi connectivity index (χ4v) is 3.42. The van der Waals surface area contributed by atoms with E-state index in [1.54, 1.807) is 35.9 Å². The van der Waals surface area contributed by atoms with E-state index in [2.05, 4.69) is 20.8 Å². The lowest BCUT2D eigenvalue weighted by atomic mass is 10.1. The van der Waals surface area contributed by atoms with Crippen LogP contribution in [0.5, 0.6) is 0 Å². The number of hydrogen-bond donors (Lipinski definition) is 1. The summed E-state index contributed by atoms with van der Waals surface area (Å²) in [6, 6.07) is 6.82. The minimum atomic E-state index is -0.378. The molecule has 26 heavy (non-hydrogen) atoms. The van der Waals surface area contributed by atoms with E-state index in [0.717, 1.165) is 19.4 Å². The van der Waals surface area contributed by atoms with Crippen LogP contribution in [0.3, 0.4) is 0 Å². The normalized spacial score (nSPS) is 17.8. The molecule has 0 spiro atoms. The Labute approximate surface area is 155 Å². The number of carbonyl (C=O) groups excluding carboxylic acids is 2. The number of rotatable bonds is 7. The Balaban J connectivity index is 1.57. The maximum absolute atomic E-state index is 12.4. The Bertz CT molecular complexity index is 771. The van der Waals surface area contributed by atoms with Crippen LogP contribution in [0.15, 0.2) is 29.4 Å². The van der Waals surface area contributed by atoms with Gasteiger partial charge in [-0.25, -0.2) is 4.68 Å². The molecule has 3 rings (SSSR count). The number of amides is 1. The number of Topliss-reactive ketones (excluding diaryl/α,β-unsaturated/α-hetero) is 1. The van der Waals surface area contributed by atoms with Gasteiger partial charge in [0.15, 0.2) is 5.78 Å². The second kappa shape index (κ2) is 8.41. The number of tetrazole rings is 1. The molecule has 1 aromatic carbocycles. The third kappa shape index (κ3) is 4.67. The monoisotopic (exact) mass is 375 g/mol. The molecule has 2 heterocycles. The van der Waals surface area contributed by atoms with Gasteiger partial charge in [-0.15, -0.1) is 5.10 Å². The van der Waals surface area contributed by atoms with Gasteiger partial charge in [-0.1, -0.05) is 11.8 Å². The number of nitrogens with one attached hydrogen (secondary N) is 1. The van der Waals surface area contributed by atoms with E-state index in [-0.39, 0.29) is 23.0 Å². The van der Waals surface area contributed by atoms with Crippen molar-refractivity contribution in [1.82, 2.24) is 20.2 Å². The lowest BCUT2D eigenvalue weighted by Crippen LogP contribution is -2.23. The summed E-state index contributed by atoms with van der Waals surface area (Å²) in [5, 5.41) is 14.8. The molecule has 2 atom stereocenters. The minimum absolute atomic E-state index is 0.00937. The Hall–Kier alpha value is -2.26. The molecule has 1 aliphatic heterocycles. The number of anilines is 1. The first-order valence-corrected chi connectivity index (χ1v) is 9.37. The average Bonchev–Trinajstić information content (AvgIpc) is 3.28. The van der Waals surface area contributed by atoms with Crippen molar-refractivity contribution in [2.75, 3.05) is 11.9 Å². The Morgan fingerprint density at radius 1 is 1.38 bits per heavy atom. The zero-order valence-electron chi connectivity index (χ0n) is 14.7. The summed E-state index contributed by atoms with van der Waals surface area (Å²) in [6.07, 6.45) is 2.18. The molecule has 0 unspecified atom stereocenters. The molecular weight excluding hydrogens is 354 g/mol. The van der Waals surface area contributed by atoms with Crippen LogP contribution in [-0.4, -0.2) is 49.9 Å². The van der Waals surface area contributed by atoms with E-state index in [1.807, 2.05) is 0 Å². The largest absolute Gasteiger partial charge is 0.376 e. The van der Waals surface area contributed by atoms with Gasteiger partial charge in [-0.2, -0.15) is 0 Å². The van der Waals surface area contributed by atoms with Crippen molar-refractivity contribution in [3.63, 3.8) is 0 Å². The van der Waals surface area contributed by atoms with Gasteiger partial charge in [0.1, 0.15) is 0 Å². The molecule has 0 saturated carbocycles. The average molecular weight is 375 g/mol. The van der Waals surface area contributed by atoms with Gasteiger partial charge in [-0.3, -0.25) is 9.59 Å². The highest BCUT2D eigenvalue weighted by molar-refractivity contribution is 8.00. The first-order chi connectivity index (χ1) is 12.5. The summed E-state index contributed by atoms with van der Waals surface area (Å²) < 4.78 is 7.30. The standard InChI is InChI=1S/C17H21N5O3S/c1-11(23)13-5-7-14(8-6-13)18-16(24)12(2)26-17-19-20-21-22(17)10-15-4-3-9-25-15/h5-8,12,15H,3-4,9-10H2,1-2H3,(H,18,24)/t12-,15-/m1/s1. The Kier molecular flexibility index (Phi) is 6.00. The van der Waals surface area contributed by atoms with Crippen LogP contribution in [0.2, 0.25) is 0 Å². The quantitative estimate of drug-likeness (QED) is 0.585. The smallest absolute Gasteiger partial charge is 0.237 e. The second-order valence-corrected chi connectivity index (χ2v) is 7.47. The summed E-state index contributed by atoms with van der Waals surface area (Å²) in [7, 11) is 0. The van der Waals surface area contributed by atoms with Crippen LogP contribution < -0.4 is 5.32 Å². The fourth-order valence-electron chi connectivity index (χ4n) is 2.62. The van der Waals surface area contributed by atoms with Crippen LogP contribution in [0.4, 0.5) is 5.69 Å². The zero-order valence-corrected chi connectivity index (χ0v) is 15.5. The molecule has 1 aromatic heterocycles. The van der Waals surface area contributed by atoms with Gasteiger partial charge < -0.3 is 10.1 Å². The van der Waals surface area contributed by atoms with E-state index in [1.165, 1.54) is 18.7 Å². The molecule has 1 saturated heterocycles. The molecule has 1 amide bonds. The molecular formula is C17H21N5O3S. The zero-order chi connectivity index (χ0) is 18.5. The van der Waals surface area contributed by atoms with Gasteiger partial charge in [0.25, 0.3) is 0 Å². The Morgan fingerprint density at radius 3 is 2.81 bits per heavy atom. The number of benzene rings is 1. The maximum atomic E-state index is 12.4. The molecule has 8 nitrogen and oxygen atoms in total. The number of ketones is 1. The molecule has 0 bridgehead atoms. The summed E-state index contributed by atoms with van der Waals surface area (Å²) in [4.78, 5) is 23.7. The number of thioether (sulfide) groups is 1. The van der Waals surface area contributed by atoms with Crippen LogP contribution in [0.1, 0.15) is 37.0 Å². The highest BCUT2D eigenvalue weighted by Crippen LogP contribution is 2.23. The predicted octanol–water partition coefficient (Wildman–Crippen LogP) is 2.17. The highest BCUT2D eigenvalue weighted by Gasteiger charge is 2.22. The molecule has 1 N–H and O–H groups in total. The van der Waals surface area contributed by atoms with E-state index >= 15 is 0 Å². The minimum Gasteiger partial charge on any atom is -0.376 e. The van der Waals surface area contributed by atoms with Crippen molar-refractivity contribution >= 4 is 29.1 Å². The van der Waals surface area contributed by atoms with Crippen LogP contribution >= 0.6 is 11.8 Å². The summed E-state index contributed by atoms with van der Waals surface area (Å²) in [5.41, 5.74) is 1.25. The summed E-state index contributed by atoms with van der Waals surface area (Å²) >= 11 is 1.30. The first-order valence-electron chi connectivity index (χ1n) is 8.49. The van der Waals surface area contributed by atoms with Gasteiger partial charge in [0.05, 0.1) is 17.9 Å². The lowest BCUT2D eigenvalue weighted by molar-refractivity contribution is -0.115. The van der Waals surface area contributed by atoms with E-state index in [4.69, 9.17) is 4.74 Å². The third-order valence-electron chi connectivity index (χ3n) is 4.11. The SMILES string of the molecule is CC(=O)c1ccc(NC(=O)[C@@H](C)Sc2nnnn2C[C@H]2CCCO2)cc1. The second-order valence-electron chi connectivity index (χ2n) is 6.16. The van der Waals surface area contributed by atoms with Gasteiger partial charge in [-0.05, 0) is 61.4 Å².